The first-order valence-corrected chi connectivity index (χ1v) is 6.38. The molecule has 0 saturated heterocycles. The van der Waals surface area contributed by atoms with Crippen molar-refractivity contribution in [2.45, 2.75) is 6.61 Å². The summed E-state index contributed by atoms with van der Waals surface area (Å²) in [5, 5.41) is 8.62. The van der Waals surface area contributed by atoms with Crippen molar-refractivity contribution in [3.63, 3.8) is 0 Å². The van der Waals surface area contributed by atoms with Crippen LogP contribution in [0.3, 0.4) is 0 Å². The third-order valence-corrected chi connectivity index (χ3v) is 3.52. The van der Waals surface area contributed by atoms with Gasteiger partial charge < -0.3 is 4.74 Å². The van der Waals surface area contributed by atoms with Crippen LogP contribution in [-0.2, 0) is 6.61 Å². The van der Waals surface area contributed by atoms with E-state index in [2.05, 4.69) is 0 Å². The van der Waals surface area contributed by atoms with Crippen molar-refractivity contribution in [1.82, 2.24) is 5.43 Å². The number of nitrogen functional groups attached to an aromatic ring is 1. The van der Waals surface area contributed by atoms with Crippen LogP contribution < -0.4 is 16.0 Å². The fourth-order valence-corrected chi connectivity index (χ4v) is 2.30. The van der Waals surface area contributed by atoms with Gasteiger partial charge in [-0.15, -0.1) is 11.3 Å². The van der Waals surface area contributed by atoms with Crippen molar-refractivity contribution < 1.29 is 13.9 Å². The SMILES string of the molecule is N#Cc1ccc(OCc2ccc(C(=O)NN)s2)cc1F. The van der Waals surface area contributed by atoms with Gasteiger partial charge in [0.05, 0.1) is 10.4 Å². The predicted octanol–water partition coefficient (Wildman–Crippen LogP) is 1.94. The zero-order valence-corrected chi connectivity index (χ0v) is 11.0. The first-order chi connectivity index (χ1) is 9.63. The molecule has 102 valence electrons. The highest BCUT2D eigenvalue weighted by Crippen LogP contribution is 2.21. The van der Waals surface area contributed by atoms with Crippen LogP contribution in [0.5, 0.6) is 5.75 Å². The number of nitrogens with zero attached hydrogens (tertiary/aromatic N) is 1. The molecule has 0 saturated carbocycles. The standard InChI is InChI=1S/C13H10FN3O2S/c14-11-5-9(2-1-8(11)6-15)19-7-10-3-4-12(20-10)13(18)17-16/h1-5H,7,16H2,(H,17,18). The lowest BCUT2D eigenvalue weighted by Crippen LogP contribution is -2.29. The number of benzene rings is 1. The number of hydrogen-bond acceptors (Lipinski definition) is 5. The molecule has 1 aromatic carbocycles. The normalized spacial score (nSPS) is 9.85. The number of nitrogens with two attached hydrogens (primary N) is 1. The molecule has 0 spiro atoms. The van der Waals surface area contributed by atoms with E-state index in [1.165, 1.54) is 23.5 Å². The van der Waals surface area contributed by atoms with Crippen LogP contribution >= 0.6 is 11.3 Å². The van der Waals surface area contributed by atoms with Crippen molar-refractivity contribution in [1.29, 1.82) is 5.26 Å². The number of ether oxygens (including phenoxy) is 1. The van der Waals surface area contributed by atoms with Gasteiger partial charge in [-0.3, -0.25) is 10.2 Å². The van der Waals surface area contributed by atoms with Gasteiger partial charge in [0.2, 0.25) is 0 Å². The first kappa shape index (κ1) is 14.0. The van der Waals surface area contributed by atoms with Crippen LogP contribution in [0.2, 0.25) is 0 Å². The van der Waals surface area contributed by atoms with Gasteiger partial charge in [-0.1, -0.05) is 0 Å². The Morgan fingerprint density at radius 2 is 2.25 bits per heavy atom. The molecule has 7 heteroatoms. The topological polar surface area (TPSA) is 88.1 Å². The molecule has 0 unspecified atom stereocenters. The number of halogens is 1. The molecule has 0 radical (unpaired) electrons. The van der Waals surface area contributed by atoms with Gasteiger partial charge in [0, 0.05) is 10.9 Å². The summed E-state index contributed by atoms with van der Waals surface area (Å²) in [6, 6.07) is 9.12. The first-order valence-electron chi connectivity index (χ1n) is 5.56. The Balaban J connectivity index is 2.02. The largest absolute Gasteiger partial charge is 0.488 e. The van der Waals surface area contributed by atoms with Crippen molar-refractivity contribution in [3.8, 4) is 11.8 Å². The molecule has 1 heterocycles. The van der Waals surface area contributed by atoms with E-state index >= 15 is 0 Å². The van der Waals surface area contributed by atoms with E-state index in [9.17, 15) is 9.18 Å². The van der Waals surface area contributed by atoms with Crippen molar-refractivity contribution >= 4 is 17.2 Å². The molecule has 2 aromatic rings. The van der Waals surface area contributed by atoms with Gasteiger partial charge in [0.15, 0.2) is 0 Å². The number of nitriles is 1. The molecule has 0 atom stereocenters. The minimum absolute atomic E-state index is 0.0321. The van der Waals surface area contributed by atoms with Crippen LogP contribution in [-0.4, -0.2) is 5.91 Å². The highest BCUT2D eigenvalue weighted by atomic mass is 32.1. The van der Waals surface area contributed by atoms with Gasteiger partial charge in [-0.25, -0.2) is 10.2 Å². The number of hydrogen-bond donors (Lipinski definition) is 2. The third-order valence-electron chi connectivity index (χ3n) is 2.46. The molecule has 3 N–H and O–H groups in total. The van der Waals surface area contributed by atoms with Crippen LogP contribution in [0, 0.1) is 17.1 Å². The van der Waals surface area contributed by atoms with Gasteiger partial charge in [0.25, 0.3) is 5.91 Å². The summed E-state index contributed by atoms with van der Waals surface area (Å²) >= 11 is 1.23. The summed E-state index contributed by atoms with van der Waals surface area (Å²) in [4.78, 5) is 12.5. The maximum atomic E-state index is 13.4. The lowest BCUT2D eigenvalue weighted by molar-refractivity contribution is 0.0957. The zero-order chi connectivity index (χ0) is 14.5. The predicted molar refractivity (Wildman–Crippen MR) is 71.4 cm³/mol. The number of thiophene rings is 1. The highest BCUT2D eigenvalue weighted by Gasteiger charge is 2.08. The second-order valence-corrected chi connectivity index (χ2v) is 4.95. The van der Waals surface area contributed by atoms with Crippen molar-refractivity contribution in [2.24, 2.45) is 5.84 Å². The van der Waals surface area contributed by atoms with E-state index in [-0.39, 0.29) is 18.1 Å². The van der Waals surface area contributed by atoms with Crippen molar-refractivity contribution in [3.05, 3.63) is 51.5 Å². The maximum Gasteiger partial charge on any atom is 0.275 e. The fourth-order valence-electron chi connectivity index (χ4n) is 1.48. The van der Waals surface area contributed by atoms with Gasteiger partial charge in [0.1, 0.15) is 24.2 Å². The van der Waals surface area contributed by atoms with Crippen LogP contribution in [0.1, 0.15) is 20.1 Å². The van der Waals surface area contributed by atoms with Crippen LogP contribution in [0.15, 0.2) is 30.3 Å². The Labute approximate surface area is 118 Å². The van der Waals surface area contributed by atoms with E-state index in [1.807, 2.05) is 5.43 Å². The molecule has 20 heavy (non-hydrogen) atoms. The monoisotopic (exact) mass is 291 g/mol. The number of carbonyl (C=O) groups is 1. The Hall–Kier alpha value is -2.43. The Morgan fingerprint density at radius 3 is 2.90 bits per heavy atom. The molecule has 0 aliphatic rings. The third kappa shape index (κ3) is 3.12. The molecule has 1 amide bonds. The molecular formula is C13H10FN3O2S. The molecule has 0 aliphatic heterocycles. The summed E-state index contributed by atoms with van der Waals surface area (Å²) in [5.74, 6) is 4.35. The Bertz CT molecular complexity index is 678. The number of hydrazine groups is 1. The van der Waals surface area contributed by atoms with E-state index in [0.717, 1.165) is 10.9 Å². The molecule has 0 aliphatic carbocycles. The summed E-state index contributed by atoms with van der Waals surface area (Å²) in [6.07, 6.45) is 0. The molecule has 2 rings (SSSR count). The number of rotatable bonds is 4. The average molecular weight is 291 g/mol. The second-order valence-electron chi connectivity index (χ2n) is 3.78. The molecule has 0 bridgehead atoms. The quantitative estimate of drug-likeness (QED) is 0.512. The minimum atomic E-state index is -0.626. The lowest BCUT2D eigenvalue weighted by Gasteiger charge is -2.04. The Morgan fingerprint density at radius 1 is 1.45 bits per heavy atom. The number of nitrogens with one attached hydrogen (secondary N) is 1. The van der Waals surface area contributed by atoms with Gasteiger partial charge >= 0.3 is 0 Å². The molecule has 5 nitrogen and oxygen atoms in total. The smallest absolute Gasteiger partial charge is 0.275 e. The molecular weight excluding hydrogens is 281 g/mol. The second kappa shape index (κ2) is 6.14. The molecule has 1 aromatic heterocycles. The fraction of sp³-hybridized carbons (Fsp3) is 0.0769. The van der Waals surface area contributed by atoms with Crippen LogP contribution in [0.4, 0.5) is 4.39 Å². The lowest BCUT2D eigenvalue weighted by atomic mass is 10.2. The van der Waals surface area contributed by atoms with Crippen LogP contribution in [0.25, 0.3) is 0 Å². The van der Waals surface area contributed by atoms with E-state index in [4.69, 9.17) is 15.8 Å². The highest BCUT2D eigenvalue weighted by molar-refractivity contribution is 7.14. The summed E-state index contributed by atoms with van der Waals surface area (Å²) < 4.78 is 18.8. The summed E-state index contributed by atoms with van der Waals surface area (Å²) in [6.45, 7) is 0.202. The van der Waals surface area contributed by atoms with Gasteiger partial charge in [-0.2, -0.15) is 5.26 Å². The van der Waals surface area contributed by atoms with Gasteiger partial charge in [-0.05, 0) is 24.3 Å². The summed E-state index contributed by atoms with van der Waals surface area (Å²) in [7, 11) is 0. The Kier molecular flexibility index (Phi) is 4.30. The maximum absolute atomic E-state index is 13.4. The average Bonchev–Trinajstić information content (AvgIpc) is 2.93. The number of amides is 1. The van der Waals surface area contributed by atoms with E-state index in [0.29, 0.717) is 10.6 Å². The summed E-state index contributed by atoms with van der Waals surface area (Å²) in [5.41, 5.74) is 2.01. The number of carbonyl (C=O) groups excluding carboxylic acids is 1. The minimum Gasteiger partial charge on any atom is -0.488 e. The van der Waals surface area contributed by atoms with E-state index in [1.54, 1.807) is 18.2 Å². The van der Waals surface area contributed by atoms with E-state index < -0.39 is 5.82 Å². The molecule has 0 fully saturated rings. The zero-order valence-electron chi connectivity index (χ0n) is 10.2. The van der Waals surface area contributed by atoms with Crippen molar-refractivity contribution in [2.75, 3.05) is 0 Å².